The number of rotatable bonds is 4. The average Bonchev–Trinajstić information content (AvgIpc) is 3.10. The third kappa shape index (κ3) is 3.23. The van der Waals surface area contributed by atoms with Crippen molar-refractivity contribution in [1.29, 1.82) is 0 Å². The van der Waals surface area contributed by atoms with Gasteiger partial charge in [-0.2, -0.15) is 4.98 Å². The summed E-state index contributed by atoms with van der Waals surface area (Å²) in [6, 6.07) is 4.60. The van der Waals surface area contributed by atoms with E-state index in [0.717, 1.165) is 18.9 Å². The molecule has 1 unspecified atom stereocenters. The van der Waals surface area contributed by atoms with Gasteiger partial charge in [-0.05, 0) is 58.3 Å². The number of anilines is 2. The van der Waals surface area contributed by atoms with Crippen molar-refractivity contribution in [3.8, 4) is 5.88 Å². The molecular weight excluding hydrogens is 264 g/mol. The fourth-order valence-corrected chi connectivity index (χ4v) is 3.29. The number of pyridine rings is 1. The minimum absolute atomic E-state index is 0.0889. The van der Waals surface area contributed by atoms with E-state index in [1.54, 1.807) is 0 Å². The van der Waals surface area contributed by atoms with E-state index in [4.69, 9.17) is 10.5 Å². The first-order valence-electron chi connectivity index (χ1n) is 8.05. The van der Waals surface area contributed by atoms with Gasteiger partial charge in [-0.3, -0.25) is 4.90 Å². The fraction of sp³-hybridized carbons (Fsp3) is 0.688. The van der Waals surface area contributed by atoms with Crippen LogP contribution in [0.2, 0.25) is 0 Å². The maximum Gasteiger partial charge on any atom is 0.239 e. The van der Waals surface area contributed by atoms with Gasteiger partial charge in [-0.15, -0.1) is 0 Å². The Morgan fingerprint density at radius 2 is 2.00 bits per heavy atom. The van der Waals surface area contributed by atoms with Crippen LogP contribution in [0, 0.1) is 0 Å². The van der Waals surface area contributed by atoms with Crippen LogP contribution in [0.1, 0.15) is 33.1 Å². The van der Waals surface area contributed by atoms with Crippen molar-refractivity contribution in [3.05, 3.63) is 12.1 Å². The highest BCUT2D eigenvalue weighted by Gasteiger charge is 2.30. The number of nitrogen functional groups attached to an aromatic ring is 1. The zero-order chi connectivity index (χ0) is 14.8. The maximum atomic E-state index is 5.95. The number of nitrogens with two attached hydrogens (primary N) is 1. The van der Waals surface area contributed by atoms with E-state index in [2.05, 4.69) is 14.8 Å². The normalized spacial score (nSPS) is 23.2. The van der Waals surface area contributed by atoms with Crippen molar-refractivity contribution in [3.63, 3.8) is 0 Å². The van der Waals surface area contributed by atoms with Crippen molar-refractivity contribution < 1.29 is 4.74 Å². The summed E-state index contributed by atoms with van der Waals surface area (Å²) in [6.45, 7) is 8.64. The lowest BCUT2D eigenvalue weighted by Crippen LogP contribution is -2.35. The predicted octanol–water partition coefficient (Wildman–Crippen LogP) is 2.13. The van der Waals surface area contributed by atoms with E-state index in [1.165, 1.54) is 32.4 Å². The molecule has 2 fully saturated rings. The van der Waals surface area contributed by atoms with Gasteiger partial charge in [0.05, 0.1) is 11.8 Å². The van der Waals surface area contributed by atoms with Gasteiger partial charge in [-0.25, -0.2) is 0 Å². The van der Waals surface area contributed by atoms with Crippen molar-refractivity contribution in [2.24, 2.45) is 0 Å². The molecule has 0 aliphatic carbocycles. The van der Waals surface area contributed by atoms with Crippen molar-refractivity contribution in [2.75, 3.05) is 36.8 Å². The molecule has 0 spiro atoms. The largest absolute Gasteiger partial charge is 0.473 e. The molecule has 0 saturated carbocycles. The summed E-state index contributed by atoms with van der Waals surface area (Å²) in [6.07, 6.45) is 4.02. The molecule has 0 radical (unpaired) electrons. The average molecular weight is 290 g/mol. The van der Waals surface area contributed by atoms with E-state index in [1.807, 2.05) is 26.0 Å². The molecule has 3 heterocycles. The van der Waals surface area contributed by atoms with E-state index < -0.39 is 0 Å². The Morgan fingerprint density at radius 3 is 2.71 bits per heavy atom. The quantitative estimate of drug-likeness (QED) is 0.920. The molecule has 21 heavy (non-hydrogen) atoms. The van der Waals surface area contributed by atoms with Crippen LogP contribution in [-0.2, 0) is 0 Å². The molecule has 2 aliphatic heterocycles. The van der Waals surface area contributed by atoms with Crippen LogP contribution >= 0.6 is 0 Å². The third-order valence-corrected chi connectivity index (χ3v) is 4.37. The van der Waals surface area contributed by atoms with Gasteiger partial charge in [0.1, 0.15) is 5.82 Å². The van der Waals surface area contributed by atoms with Crippen LogP contribution in [-0.4, -0.2) is 48.2 Å². The van der Waals surface area contributed by atoms with Gasteiger partial charge in [-0.1, -0.05) is 0 Å². The molecule has 3 rings (SSSR count). The van der Waals surface area contributed by atoms with Crippen molar-refractivity contribution in [1.82, 2.24) is 9.88 Å². The molecule has 5 heteroatoms. The minimum Gasteiger partial charge on any atom is -0.473 e. The van der Waals surface area contributed by atoms with Gasteiger partial charge < -0.3 is 15.4 Å². The molecule has 116 valence electrons. The molecule has 0 bridgehead atoms. The number of ether oxygens (including phenoxy) is 1. The molecule has 2 N–H and O–H groups in total. The summed E-state index contributed by atoms with van der Waals surface area (Å²) < 4.78 is 5.70. The summed E-state index contributed by atoms with van der Waals surface area (Å²) in [4.78, 5) is 9.60. The van der Waals surface area contributed by atoms with Crippen LogP contribution in [0.15, 0.2) is 12.1 Å². The topological polar surface area (TPSA) is 54.6 Å². The highest BCUT2D eigenvalue weighted by molar-refractivity contribution is 5.55. The molecular formula is C16H26N4O. The van der Waals surface area contributed by atoms with E-state index in [-0.39, 0.29) is 6.10 Å². The Bertz CT molecular complexity index is 485. The number of hydrogen-bond donors (Lipinski definition) is 1. The molecule has 1 aromatic rings. The second-order valence-corrected chi connectivity index (χ2v) is 6.36. The third-order valence-electron chi connectivity index (χ3n) is 4.37. The zero-order valence-corrected chi connectivity index (χ0v) is 13.1. The van der Waals surface area contributed by atoms with Gasteiger partial charge in [0.15, 0.2) is 0 Å². The van der Waals surface area contributed by atoms with Crippen LogP contribution in [0.3, 0.4) is 0 Å². The number of aromatic nitrogens is 1. The molecule has 1 aromatic heterocycles. The van der Waals surface area contributed by atoms with Gasteiger partial charge in [0, 0.05) is 19.1 Å². The van der Waals surface area contributed by atoms with Gasteiger partial charge in [0.2, 0.25) is 5.88 Å². The first-order valence-corrected chi connectivity index (χ1v) is 8.05. The monoisotopic (exact) mass is 290 g/mol. The Morgan fingerprint density at radius 1 is 1.24 bits per heavy atom. The summed E-state index contributed by atoms with van der Waals surface area (Å²) >= 11 is 0. The Balaban J connectivity index is 1.69. The molecule has 0 aromatic carbocycles. The fourth-order valence-electron chi connectivity index (χ4n) is 3.29. The van der Waals surface area contributed by atoms with E-state index in [0.29, 0.717) is 17.6 Å². The van der Waals surface area contributed by atoms with Crippen LogP contribution < -0.4 is 15.4 Å². The number of nitrogens with zero attached hydrogens (tertiary/aromatic N) is 3. The van der Waals surface area contributed by atoms with Crippen molar-refractivity contribution in [2.45, 2.75) is 45.3 Å². The Kier molecular flexibility index (Phi) is 4.19. The first kappa shape index (κ1) is 14.4. The van der Waals surface area contributed by atoms with Crippen molar-refractivity contribution >= 4 is 11.5 Å². The number of likely N-dealkylation sites (tertiary alicyclic amines) is 1. The summed E-state index contributed by atoms with van der Waals surface area (Å²) in [5, 5.41) is 0. The van der Waals surface area contributed by atoms with Crippen LogP contribution in [0.25, 0.3) is 0 Å². The lowest BCUT2D eigenvalue weighted by Gasteiger charge is -2.24. The smallest absolute Gasteiger partial charge is 0.239 e. The van der Waals surface area contributed by atoms with Crippen LogP contribution in [0.4, 0.5) is 11.5 Å². The summed E-state index contributed by atoms with van der Waals surface area (Å²) in [7, 11) is 0. The Labute approximate surface area is 127 Å². The zero-order valence-electron chi connectivity index (χ0n) is 13.1. The SMILES string of the molecule is CC(C)Oc1nc(N2CCC(N3CCCC3)C2)ccc1N. The lowest BCUT2D eigenvalue weighted by molar-refractivity contribution is 0.234. The van der Waals surface area contributed by atoms with Gasteiger partial charge in [0.25, 0.3) is 0 Å². The van der Waals surface area contributed by atoms with Crippen LogP contribution in [0.5, 0.6) is 5.88 Å². The maximum absolute atomic E-state index is 5.95. The van der Waals surface area contributed by atoms with Gasteiger partial charge >= 0.3 is 0 Å². The minimum atomic E-state index is 0.0889. The predicted molar refractivity (Wildman–Crippen MR) is 85.8 cm³/mol. The molecule has 2 saturated heterocycles. The molecule has 5 nitrogen and oxygen atoms in total. The second kappa shape index (κ2) is 6.10. The second-order valence-electron chi connectivity index (χ2n) is 6.36. The standard InChI is InChI=1S/C16H26N4O/c1-12(2)21-16-14(17)5-6-15(18-16)20-10-7-13(11-20)19-8-3-4-9-19/h5-6,12-13H,3-4,7-11,17H2,1-2H3. The first-order chi connectivity index (χ1) is 10.1. The Hall–Kier alpha value is -1.49. The summed E-state index contributed by atoms with van der Waals surface area (Å²) in [5.74, 6) is 1.55. The highest BCUT2D eigenvalue weighted by atomic mass is 16.5. The van der Waals surface area contributed by atoms with E-state index >= 15 is 0 Å². The highest BCUT2D eigenvalue weighted by Crippen LogP contribution is 2.28. The molecule has 0 amide bonds. The number of hydrogen-bond acceptors (Lipinski definition) is 5. The molecule has 2 aliphatic rings. The molecule has 1 atom stereocenters. The summed E-state index contributed by atoms with van der Waals surface area (Å²) in [5.41, 5.74) is 6.56. The van der Waals surface area contributed by atoms with E-state index in [9.17, 15) is 0 Å². The lowest BCUT2D eigenvalue weighted by atomic mass is 10.2.